The van der Waals surface area contributed by atoms with Crippen molar-refractivity contribution in [1.82, 2.24) is 4.90 Å². The predicted molar refractivity (Wildman–Crippen MR) is 72.4 cm³/mol. The zero-order chi connectivity index (χ0) is 14.5. The van der Waals surface area contributed by atoms with Crippen LogP contribution in [0.2, 0.25) is 0 Å². The molecule has 110 valence electrons. The molecule has 1 aliphatic heterocycles. The zero-order valence-corrected chi connectivity index (χ0v) is 10.9. The van der Waals surface area contributed by atoms with E-state index in [0.29, 0.717) is 17.8 Å². The fraction of sp³-hybridized carbons (Fsp3) is 0.462. The van der Waals surface area contributed by atoms with Gasteiger partial charge in [-0.05, 0) is 12.1 Å². The van der Waals surface area contributed by atoms with Crippen molar-refractivity contribution in [1.29, 1.82) is 0 Å². The highest BCUT2D eigenvalue weighted by atomic mass is 19.3. The number of nitrogens with zero attached hydrogens (tertiary/aromatic N) is 1. The Morgan fingerprint density at radius 3 is 2.80 bits per heavy atom. The summed E-state index contributed by atoms with van der Waals surface area (Å²) in [6.07, 6.45) is -2.63. The lowest BCUT2D eigenvalue weighted by Gasteiger charge is -2.26. The van der Waals surface area contributed by atoms with Crippen LogP contribution in [0.4, 0.5) is 20.2 Å². The van der Waals surface area contributed by atoms with Crippen LogP contribution in [0.1, 0.15) is 10.4 Å². The second kappa shape index (κ2) is 6.51. The molecule has 1 aromatic rings. The van der Waals surface area contributed by atoms with Crippen LogP contribution in [0.25, 0.3) is 0 Å². The number of carbonyl (C=O) groups excluding carboxylic acids is 1. The van der Waals surface area contributed by atoms with Crippen LogP contribution in [0.5, 0.6) is 0 Å². The quantitative estimate of drug-likeness (QED) is 0.761. The van der Waals surface area contributed by atoms with Crippen LogP contribution in [-0.4, -0.2) is 55.1 Å². The van der Waals surface area contributed by atoms with Crippen molar-refractivity contribution in [2.24, 2.45) is 0 Å². The van der Waals surface area contributed by atoms with Crippen LogP contribution in [-0.2, 0) is 0 Å². The van der Waals surface area contributed by atoms with Gasteiger partial charge in [0, 0.05) is 19.6 Å². The normalized spacial score (nSPS) is 13.4. The third-order valence-corrected chi connectivity index (χ3v) is 3.05. The van der Waals surface area contributed by atoms with Crippen molar-refractivity contribution in [3.8, 4) is 0 Å². The maximum atomic E-state index is 12.5. The van der Waals surface area contributed by atoms with Crippen molar-refractivity contribution >= 4 is 17.3 Å². The van der Waals surface area contributed by atoms with Crippen LogP contribution in [0.15, 0.2) is 18.2 Å². The van der Waals surface area contributed by atoms with E-state index in [1.807, 2.05) is 6.07 Å². The molecule has 5 nitrogen and oxygen atoms in total. The van der Waals surface area contributed by atoms with Crippen LogP contribution < -0.4 is 10.6 Å². The summed E-state index contributed by atoms with van der Waals surface area (Å²) in [4.78, 5) is 13.3. The molecule has 0 unspecified atom stereocenters. The van der Waals surface area contributed by atoms with Gasteiger partial charge in [0.15, 0.2) is 0 Å². The maximum Gasteiger partial charge on any atom is 0.256 e. The first-order valence-electron chi connectivity index (χ1n) is 6.42. The molecule has 0 bridgehead atoms. The van der Waals surface area contributed by atoms with Crippen molar-refractivity contribution in [2.75, 3.05) is 43.4 Å². The van der Waals surface area contributed by atoms with Gasteiger partial charge in [-0.15, -0.1) is 0 Å². The Morgan fingerprint density at radius 1 is 1.35 bits per heavy atom. The van der Waals surface area contributed by atoms with Crippen LogP contribution >= 0.6 is 0 Å². The van der Waals surface area contributed by atoms with Crippen molar-refractivity contribution in [3.05, 3.63) is 23.8 Å². The summed E-state index contributed by atoms with van der Waals surface area (Å²) < 4.78 is 25.0. The molecule has 1 heterocycles. The fourth-order valence-electron chi connectivity index (χ4n) is 2.19. The minimum Gasteiger partial charge on any atom is -0.395 e. The molecule has 0 saturated heterocycles. The maximum absolute atomic E-state index is 12.5. The molecule has 0 aromatic heterocycles. The number of alkyl halides is 2. The Kier molecular flexibility index (Phi) is 4.73. The number of carbonyl (C=O) groups is 1. The summed E-state index contributed by atoms with van der Waals surface area (Å²) in [6, 6.07) is 5.12. The molecule has 0 saturated carbocycles. The lowest BCUT2D eigenvalue weighted by Crippen LogP contribution is -2.38. The molecule has 3 N–H and O–H groups in total. The smallest absolute Gasteiger partial charge is 0.256 e. The Hall–Kier alpha value is -1.89. The van der Waals surface area contributed by atoms with E-state index in [0.717, 1.165) is 17.1 Å². The molecule has 2 rings (SSSR count). The third-order valence-electron chi connectivity index (χ3n) is 3.05. The Morgan fingerprint density at radius 2 is 2.10 bits per heavy atom. The van der Waals surface area contributed by atoms with Gasteiger partial charge in [-0.3, -0.25) is 4.79 Å². The first-order chi connectivity index (χ1) is 9.63. The molecular weight excluding hydrogens is 268 g/mol. The van der Waals surface area contributed by atoms with Gasteiger partial charge in [0.25, 0.3) is 12.3 Å². The van der Waals surface area contributed by atoms with Gasteiger partial charge in [0.2, 0.25) is 0 Å². The number of anilines is 2. The lowest BCUT2D eigenvalue weighted by molar-refractivity contribution is 0.0510. The highest BCUT2D eigenvalue weighted by molar-refractivity contribution is 6.02. The van der Waals surface area contributed by atoms with Gasteiger partial charge in [-0.1, -0.05) is 6.07 Å². The average Bonchev–Trinajstić information content (AvgIpc) is 2.45. The van der Waals surface area contributed by atoms with E-state index in [4.69, 9.17) is 5.11 Å². The van der Waals surface area contributed by atoms with Crippen molar-refractivity contribution in [3.63, 3.8) is 0 Å². The van der Waals surface area contributed by atoms with Gasteiger partial charge < -0.3 is 20.6 Å². The first-order valence-corrected chi connectivity index (χ1v) is 6.42. The number of benzene rings is 1. The molecule has 0 atom stereocenters. The predicted octanol–water partition coefficient (Wildman–Crippen LogP) is 1.22. The number of nitrogens with one attached hydrogen (secondary N) is 2. The summed E-state index contributed by atoms with van der Waals surface area (Å²) in [5.41, 5.74) is 1.74. The van der Waals surface area contributed by atoms with Gasteiger partial charge in [0.05, 0.1) is 30.1 Å². The molecule has 0 radical (unpaired) electrons. The summed E-state index contributed by atoms with van der Waals surface area (Å²) in [5, 5.41) is 15.2. The number of amides is 1. The SMILES string of the molecule is O=C(c1cccc2c1NCCN2)N(CCO)CC(F)F. The summed E-state index contributed by atoms with van der Waals surface area (Å²) in [5.74, 6) is -0.507. The monoisotopic (exact) mass is 285 g/mol. The Balaban J connectivity index is 2.26. The third kappa shape index (κ3) is 3.16. The fourth-order valence-corrected chi connectivity index (χ4v) is 2.19. The number of hydrogen-bond donors (Lipinski definition) is 3. The summed E-state index contributed by atoms with van der Waals surface area (Å²) in [7, 11) is 0. The molecule has 1 amide bonds. The van der Waals surface area contributed by atoms with E-state index in [9.17, 15) is 13.6 Å². The largest absolute Gasteiger partial charge is 0.395 e. The molecule has 0 aliphatic carbocycles. The summed E-state index contributed by atoms with van der Waals surface area (Å²) >= 11 is 0. The molecule has 20 heavy (non-hydrogen) atoms. The summed E-state index contributed by atoms with van der Waals surface area (Å²) in [6.45, 7) is 0.254. The van der Waals surface area contributed by atoms with E-state index in [2.05, 4.69) is 10.6 Å². The van der Waals surface area contributed by atoms with E-state index < -0.39 is 18.9 Å². The van der Waals surface area contributed by atoms with E-state index >= 15 is 0 Å². The molecule has 1 aromatic carbocycles. The Bertz CT molecular complexity index is 483. The van der Waals surface area contributed by atoms with Crippen LogP contribution in [0, 0.1) is 0 Å². The van der Waals surface area contributed by atoms with Crippen molar-refractivity contribution < 1.29 is 18.7 Å². The highest BCUT2D eigenvalue weighted by Crippen LogP contribution is 2.29. The van der Waals surface area contributed by atoms with Gasteiger partial charge in [-0.25, -0.2) is 8.78 Å². The molecule has 0 fully saturated rings. The van der Waals surface area contributed by atoms with E-state index in [1.54, 1.807) is 12.1 Å². The molecular formula is C13H17F2N3O2. The minimum atomic E-state index is -2.63. The topological polar surface area (TPSA) is 64.6 Å². The number of aliphatic hydroxyl groups excluding tert-OH is 1. The van der Waals surface area contributed by atoms with Crippen LogP contribution in [0.3, 0.4) is 0 Å². The number of hydrogen-bond acceptors (Lipinski definition) is 4. The number of fused-ring (bicyclic) bond motifs is 1. The van der Waals surface area contributed by atoms with Gasteiger partial charge in [-0.2, -0.15) is 0 Å². The number of aliphatic hydroxyl groups is 1. The first kappa shape index (κ1) is 14.5. The molecule has 0 spiro atoms. The second-order valence-electron chi connectivity index (χ2n) is 4.45. The van der Waals surface area contributed by atoms with Gasteiger partial charge >= 0.3 is 0 Å². The zero-order valence-electron chi connectivity index (χ0n) is 10.9. The molecule has 1 aliphatic rings. The number of halogens is 2. The van der Waals surface area contributed by atoms with Crippen molar-refractivity contribution in [2.45, 2.75) is 6.43 Å². The number of para-hydroxylation sites is 1. The Labute approximate surface area is 115 Å². The average molecular weight is 285 g/mol. The van der Waals surface area contributed by atoms with Gasteiger partial charge in [0.1, 0.15) is 0 Å². The second-order valence-corrected chi connectivity index (χ2v) is 4.45. The lowest BCUT2D eigenvalue weighted by atomic mass is 10.1. The minimum absolute atomic E-state index is 0.111. The standard InChI is InChI=1S/C13H17F2N3O2/c14-11(15)8-18(6-7-19)13(20)9-2-1-3-10-12(9)17-5-4-16-10/h1-3,11,16-17,19H,4-8H2. The number of rotatable bonds is 5. The molecule has 7 heteroatoms. The van der Waals surface area contributed by atoms with E-state index in [-0.39, 0.29) is 13.2 Å². The van der Waals surface area contributed by atoms with E-state index in [1.165, 1.54) is 0 Å². The highest BCUT2D eigenvalue weighted by Gasteiger charge is 2.23.